The van der Waals surface area contributed by atoms with Gasteiger partial charge in [-0.3, -0.25) is 4.68 Å². The maximum atomic E-state index is 11.9. The van der Waals surface area contributed by atoms with E-state index in [2.05, 4.69) is 10.4 Å². The Balaban J connectivity index is 2.29. The molecule has 2 aromatic rings. The third-order valence-corrected chi connectivity index (χ3v) is 2.71. The smallest absolute Gasteiger partial charge is 0.333 e. The van der Waals surface area contributed by atoms with Gasteiger partial charge in [-0.15, -0.1) is 0 Å². The second-order valence-electron chi connectivity index (χ2n) is 4.12. The van der Waals surface area contributed by atoms with E-state index in [1.165, 1.54) is 7.11 Å². The average Bonchev–Trinajstić information content (AvgIpc) is 2.74. The van der Waals surface area contributed by atoms with E-state index in [0.29, 0.717) is 11.5 Å². The zero-order valence-electron chi connectivity index (χ0n) is 10.8. The molecule has 1 aromatic carbocycles. The maximum absolute atomic E-state index is 11.9. The number of nitrogen functional groups attached to an aromatic ring is 1. The van der Waals surface area contributed by atoms with E-state index in [0.717, 1.165) is 5.56 Å². The first-order valence-corrected chi connectivity index (χ1v) is 5.80. The second kappa shape index (κ2) is 5.43. The number of anilines is 2. The summed E-state index contributed by atoms with van der Waals surface area (Å²) in [5.74, 6) is 0.0676. The van der Waals surface area contributed by atoms with Crippen molar-refractivity contribution in [2.75, 3.05) is 18.2 Å². The Morgan fingerprint density at radius 1 is 1.42 bits per heavy atom. The van der Waals surface area contributed by atoms with E-state index in [9.17, 15) is 4.79 Å². The van der Waals surface area contributed by atoms with Crippen LogP contribution in [0.2, 0.25) is 0 Å². The maximum Gasteiger partial charge on any atom is 0.333 e. The van der Waals surface area contributed by atoms with Crippen molar-refractivity contribution in [2.45, 2.75) is 6.04 Å². The molecule has 6 nitrogen and oxygen atoms in total. The Morgan fingerprint density at radius 3 is 2.63 bits per heavy atom. The summed E-state index contributed by atoms with van der Waals surface area (Å²) in [4.78, 5) is 11.9. The van der Waals surface area contributed by atoms with Crippen LogP contribution in [0.15, 0.2) is 36.5 Å². The van der Waals surface area contributed by atoms with Gasteiger partial charge in [0.05, 0.1) is 12.8 Å². The lowest BCUT2D eigenvalue weighted by molar-refractivity contribution is -0.141. The van der Waals surface area contributed by atoms with Crippen molar-refractivity contribution in [2.24, 2.45) is 7.05 Å². The first-order chi connectivity index (χ1) is 9.11. The number of aromatic nitrogens is 2. The number of nitrogens with zero attached hydrogens (tertiary/aromatic N) is 2. The van der Waals surface area contributed by atoms with Gasteiger partial charge in [-0.1, -0.05) is 30.3 Å². The zero-order chi connectivity index (χ0) is 13.8. The first-order valence-electron chi connectivity index (χ1n) is 5.80. The van der Waals surface area contributed by atoms with Crippen molar-refractivity contribution in [1.82, 2.24) is 9.78 Å². The van der Waals surface area contributed by atoms with Crippen molar-refractivity contribution in [3.63, 3.8) is 0 Å². The van der Waals surface area contributed by atoms with Gasteiger partial charge in [-0.2, -0.15) is 5.10 Å². The molecular weight excluding hydrogens is 244 g/mol. The fraction of sp³-hybridized carbons (Fsp3) is 0.231. The van der Waals surface area contributed by atoms with Gasteiger partial charge in [-0.05, 0) is 5.56 Å². The van der Waals surface area contributed by atoms with Crippen LogP contribution >= 0.6 is 0 Å². The Hall–Kier alpha value is -2.50. The lowest BCUT2D eigenvalue weighted by atomic mass is 10.1. The lowest BCUT2D eigenvalue weighted by Crippen LogP contribution is -2.23. The van der Waals surface area contributed by atoms with Gasteiger partial charge in [0.15, 0.2) is 11.9 Å². The summed E-state index contributed by atoms with van der Waals surface area (Å²) in [6.45, 7) is 0. The Kier molecular flexibility index (Phi) is 3.70. The molecule has 1 aromatic heterocycles. The normalized spacial score (nSPS) is 11.9. The molecule has 0 fully saturated rings. The summed E-state index contributed by atoms with van der Waals surface area (Å²) >= 11 is 0. The highest BCUT2D eigenvalue weighted by molar-refractivity contribution is 5.81. The standard InChI is InChI=1S/C13H16N4O2/c1-17-8-10(14)12(16-17)15-11(13(18)19-2)9-6-4-3-5-7-9/h3-8,11H,14H2,1-2H3,(H,15,16). The van der Waals surface area contributed by atoms with E-state index in [4.69, 9.17) is 10.5 Å². The molecule has 0 bridgehead atoms. The number of nitrogens with two attached hydrogens (primary N) is 1. The molecule has 0 spiro atoms. The number of carbonyl (C=O) groups excluding carboxylic acids is 1. The molecule has 100 valence electrons. The zero-order valence-corrected chi connectivity index (χ0v) is 10.8. The molecule has 0 aliphatic carbocycles. The predicted octanol–water partition coefficient (Wildman–Crippen LogP) is 1.33. The van der Waals surface area contributed by atoms with Crippen LogP contribution in [0.4, 0.5) is 11.5 Å². The summed E-state index contributed by atoms with van der Waals surface area (Å²) in [5.41, 5.74) is 7.08. The van der Waals surface area contributed by atoms with Gasteiger partial charge < -0.3 is 15.8 Å². The van der Waals surface area contributed by atoms with Crippen molar-refractivity contribution >= 4 is 17.5 Å². The van der Waals surface area contributed by atoms with Crippen LogP contribution in [0.25, 0.3) is 0 Å². The molecule has 2 rings (SSSR count). The topological polar surface area (TPSA) is 82.2 Å². The highest BCUT2D eigenvalue weighted by atomic mass is 16.5. The molecule has 0 amide bonds. The first kappa shape index (κ1) is 12.9. The summed E-state index contributed by atoms with van der Waals surface area (Å²) in [5, 5.41) is 7.17. The van der Waals surface area contributed by atoms with Crippen LogP contribution in [0, 0.1) is 0 Å². The van der Waals surface area contributed by atoms with Crippen LogP contribution in [0.3, 0.4) is 0 Å². The molecular formula is C13H16N4O2. The van der Waals surface area contributed by atoms with Gasteiger partial charge in [0.1, 0.15) is 0 Å². The number of benzene rings is 1. The minimum Gasteiger partial charge on any atom is -0.467 e. The van der Waals surface area contributed by atoms with Crippen LogP contribution in [-0.2, 0) is 16.6 Å². The highest BCUT2D eigenvalue weighted by Gasteiger charge is 2.22. The average molecular weight is 260 g/mol. The second-order valence-corrected chi connectivity index (χ2v) is 4.12. The van der Waals surface area contributed by atoms with Crippen LogP contribution in [-0.4, -0.2) is 22.9 Å². The molecule has 1 atom stereocenters. The van der Waals surface area contributed by atoms with Crippen molar-refractivity contribution in [1.29, 1.82) is 0 Å². The Morgan fingerprint density at radius 2 is 2.11 bits per heavy atom. The van der Waals surface area contributed by atoms with E-state index >= 15 is 0 Å². The third-order valence-electron chi connectivity index (χ3n) is 2.71. The molecule has 3 N–H and O–H groups in total. The van der Waals surface area contributed by atoms with Crippen molar-refractivity contribution in [3.8, 4) is 0 Å². The minimum atomic E-state index is -0.636. The predicted molar refractivity (Wildman–Crippen MR) is 72.4 cm³/mol. The van der Waals surface area contributed by atoms with Crippen molar-refractivity contribution in [3.05, 3.63) is 42.1 Å². The summed E-state index contributed by atoms with van der Waals surface area (Å²) in [6.07, 6.45) is 1.67. The van der Waals surface area contributed by atoms with Gasteiger partial charge in [0.25, 0.3) is 0 Å². The number of rotatable bonds is 4. The fourth-order valence-electron chi connectivity index (χ4n) is 1.80. The number of nitrogens with one attached hydrogen (secondary N) is 1. The van der Waals surface area contributed by atoms with E-state index in [1.807, 2.05) is 30.3 Å². The summed E-state index contributed by atoms with van der Waals surface area (Å²) in [6, 6.07) is 8.64. The van der Waals surface area contributed by atoms with Gasteiger partial charge in [-0.25, -0.2) is 4.79 Å². The van der Waals surface area contributed by atoms with E-state index in [1.54, 1.807) is 17.9 Å². The minimum absolute atomic E-state index is 0.392. The third kappa shape index (κ3) is 2.85. The van der Waals surface area contributed by atoms with Crippen LogP contribution < -0.4 is 11.1 Å². The van der Waals surface area contributed by atoms with Crippen LogP contribution in [0.5, 0.6) is 0 Å². The molecule has 1 heterocycles. The van der Waals surface area contributed by atoms with Crippen molar-refractivity contribution < 1.29 is 9.53 Å². The van der Waals surface area contributed by atoms with Gasteiger partial charge in [0, 0.05) is 13.2 Å². The number of hydrogen-bond acceptors (Lipinski definition) is 5. The van der Waals surface area contributed by atoms with E-state index in [-0.39, 0.29) is 0 Å². The SMILES string of the molecule is COC(=O)C(Nc1nn(C)cc1N)c1ccccc1. The number of methoxy groups -OCH3 is 1. The Labute approximate surface area is 111 Å². The number of carbonyl (C=O) groups is 1. The molecule has 1 unspecified atom stereocenters. The molecule has 0 saturated carbocycles. The molecule has 0 radical (unpaired) electrons. The molecule has 19 heavy (non-hydrogen) atoms. The fourth-order valence-corrected chi connectivity index (χ4v) is 1.80. The number of aryl methyl sites for hydroxylation is 1. The number of esters is 1. The lowest BCUT2D eigenvalue weighted by Gasteiger charge is -2.16. The largest absolute Gasteiger partial charge is 0.467 e. The summed E-state index contributed by atoms with van der Waals surface area (Å²) < 4.78 is 6.39. The molecule has 0 aliphatic heterocycles. The molecule has 0 aliphatic rings. The quantitative estimate of drug-likeness (QED) is 0.810. The summed E-state index contributed by atoms with van der Waals surface area (Å²) in [7, 11) is 3.11. The number of ether oxygens (including phenoxy) is 1. The molecule has 6 heteroatoms. The monoisotopic (exact) mass is 260 g/mol. The van der Waals surface area contributed by atoms with Crippen LogP contribution in [0.1, 0.15) is 11.6 Å². The molecule has 0 saturated heterocycles. The van der Waals surface area contributed by atoms with Gasteiger partial charge >= 0.3 is 5.97 Å². The van der Waals surface area contributed by atoms with E-state index < -0.39 is 12.0 Å². The Bertz CT molecular complexity index is 565. The highest BCUT2D eigenvalue weighted by Crippen LogP contribution is 2.23. The van der Waals surface area contributed by atoms with Gasteiger partial charge in [0.2, 0.25) is 0 Å². The number of hydrogen-bond donors (Lipinski definition) is 2.